The highest BCUT2D eigenvalue weighted by molar-refractivity contribution is 7.59. The molecular formula is CH12BPS. The summed E-state index contributed by atoms with van der Waals surface area (Å²) in [6, 6.07) is 0. The molecule has 0 rings (SSSR count). The summed E-state index contributed by atoms with van der Waals surface area (Å²) >= 11 is 0. The van der Waals surface area contributed by atoms with Gasteiger partial charge in [0.15, 0.2) is 0 Å². The fourth-order valence-corrected chi connectivity index (χ4v) is 0. The lowest BCUT2D eigenvalue weighted by Gasteiger charge is -0.197. The second-order valence-electron chi connectivity index (χ2n) is 0. The molecule has 1 unspecified atom stereocenters. The van der Waals surface area contributed by atoms with Crippen LogP contribution in [0.4, 0.5) is 0 Å². The molecule has 0 amide bonds. The average molecular weight is 98.0 g/mol. The Morgan fingerprint density at radius 1 is 1.00 bits per heavy atom. The van der Waals surface area contributed by atoms with E-state index in [2.05, 4.69) is 0 Å². The second kappa shape index (κ2) is 43.6. The lowest BCUT2D eigenvalue weighted by atomic mass is 10.8. The molecular weight excluding hydrogens is 85.9 g/mol. The monoisotopic (exact) mass is 98.0 g/mol. The first-order valence-corrected chi connectivity index (χ1v) is 0. The maximum atomic E-state index is 0. The van der Waals surface area contributed by atoms with E-state index in [0.717, 1.165) is 0 Å². The van der Waals surface area contributed by atoms with Crippen LogP contribution in [0.1, 0.15) is 7.43 Å². The van der Waals surface area contributed by atoms with E-state index in [-0.39, 0.29) is 39.2 Å². The first kappa shape index (κ1) is 100. The normalized spacial score (nSPS) is 0. The van der Waals surface area contributed by atoms with Gasteiger partial charge in [-0.05, 0) is 0 Å². The van der Waals surface area contributed by atoms with E-state index in [9.17, 15) is 0 Å². The van der Waals surface area contributed by atoms with Crippen LogP contribution < -0.4 is 0 Å². The molecule has 0 aromatic rings. The minimum atomic E-state index is 0. The minimum Gasteiger partial charge on any atom is -0.197 e. The highest BCUT2D eigenvalue weighted by atomic mass is 32.1. The third-order valence-electron chi connectivity index (χ3n) is 0. The predicted octanol–water partition coefficient (Wildman–Crippen LogP) is -0.377. The molecule has 0 spiro atoms. The third-order valence-corrected chi connectivity index (χ3v) is 0. The van der Waals surface area contributed by atoms with Gasteiger partial charge in [-0.3, -0.25) is 0 Å². The highest BCUT2D eigenvalue weighted by Gasteiger charge is 0.0814. The molecule has 0 bridgehead atoms. The van der Waals surface area contributed by atoms with Crippen molar-refractivity contribution in [2.75, 3.05) is 0 Å². The van der Waals surface area contributed by atoms with Gasteiger partial charge in [-0.25, -0.2) is 0 Å². The molecule has 0 nitrogen and oxygen atoms in total. The van der Waals surface area contributed by atoms with Gasteiger partial charge < -0.3 is 0 Å². The Kier molecular flexibility index (Phi) is 1090. The molecule has 30 valence electrons. The summed E-state index contributed by atoms with van der Waals surface area (Å²) in [5, 5.41) is 0. The van der Waals surface area contributed by atoms with E-state index >= 15 is 0 Å². The van der Waals surface area contributed by atoms with E-state index in [4.69, 9.17) is 0 Å². The molecule has 0 aliphatic heterocycles. The molecule has 3 heteroatoms. The summed E-state index contributed by atoms with van der Waals surface area (Å²) in [7, 11) is 0. The van der Waals surface area contributed by atoms with Crippen LogP contribution in [0.15, 0.2) is 0 Å². The van der Waals surface area contributed by atoms with Gasteiger partial charge in [0.1, 0.15) is 0 Å². The van der Waals surface area contributed by atoms with Crippen LogP contribution in [0.5, 0.6) is 0 Å². The van der Waals surface area contributed by atoms with Gasteiger partial charge in [-0.2, -0.15) is 23.4 Å². The third kappa shape index (κ3) is 13.6. The Morgan fingerprint density at radius 2 is 1.00 bits per heavy atom. The van der Waals surface area contributed by atoms with Crippen molar-refractivity contribution >= 4 is 31.8 Å². The first-order chi connectivity index (χ1) is 0. The van der Waals surface area contributed by atoms with Gasteiger partial charge in [0, 0.05) is 0 Å². The van der Waals surface area contributed by atoms with Crippen molar-refractivity contribution in [2.45, 2.75) is 7.43 Å². The van der Waals surface area contributed by atoms with Crippen LogP contribution in [0.25, 0.3) is 0 Å². The average Bonchev–Trinajstić information content (AvgIpc) is 0. The Bertz CT molecular complexity index is 8.00. The number of hydrogen-bond donors (Lipinski definition) is 0. The van der Waals surface area contributed by atoms with Gasteiger partial charge in [0.2, 0.25) is 0 Å². The lowest BCUT2D eigenvalue weighted by Crippen LogP contribution is -0.381. The van der Waals surface area contributed by atoms with Crippen molar-refractivity contribution in [3.63, 3.8) is 0 Å². The van der Waals surface area contributed by atoms with Crippen LogP contribution in [0.2, 0.25) is 0 Å². The van der Waals surface area contributed by atoms with Crippen LogP contribution in [-0.4, -0.2) is 8.41 Å². The van der Waals surface area contributed by atoms with Crippen molar-refractivity contribution < 1.29 is 0 Å². The smallest absolute Gasteiger partial charge is 0.0814 e. The fourth-order valence-electron chi connectivity index (χ4n) is 0. The van der Waals surface area contributed by atoms with Gasteiger partial charge >= 0.3 is 0 Å². The molecule has 0 N–H and O–H groups in total. The fraction of sp³-hybridized carbons (Fsp3) is 1.00. The molecule has 0 saturated carbocycles. The zero-order valence-corrected chi connectivity index (χ0v) is 3.62. The summed E-state index contributed by atoms with van der Waals surface area (Å²) < 4.78 is 0. The zero-order valence-electron chi connectivity index (χ0n) is 1.21. The van der Waals surface area contributed by atoms with E-state index in [1.165, 1.54) is 0 Å². The summed E-state index contributed by atoms with van der Waals surface area (Å²) in [5.41, 5.74) is 0. The van der Waals surface area contributed by atoms with E-state index < -0.39 is 0 Å². The van der Waals surface area contributed by atoms with Crippen molar-refractivity contribution in [2.24, 2.45) is 0 Å². The van der Waals surface area contributed by atoms with Crippen molar-refractivity contribution in [1.82, 2.24) is 0 Å². The molecule has 0 heterocycles. The van der Waals surface area contributed by atoms with E-state index in [1.54, 1.807) is 0 Å². The molecule has 0 aromatic carbocycles. The predicted molar refractivity (Wildman–Crippen MR) is 38.2 cm³/mol. The minimum absolute atomic E-state index is 0. The molecule has 0 fully saturated rings. The SMILES string of the molecule is B.C.P.S. The highest BCUT2D eigenvalue weighted by Crippen LogP contribution is 0.861. The standard InChI is InChI=1S/CH4.BH3.H3P.H2S/h1H4;2*1H3;1H2. The summed E-state index contributed by atoms with van der Waals surface area (Å²) in [6.45, 7) is 0. The summed E-state index contributed by atoms with van der Waals surface area (Å²) in [6.07, 6.45) is 0. The van der Waals surface area contributed by atoms with Crippen molar-refractivity contribution in [1.29, 1.82) is 0 Å². The second-order valence-corrected chi connectivity index (χ2v) is 0. The Hall–Kier alpha value is 0.845. The summed E-state index contributed by atoms with van der Waals surface area (Å²) in [4.78, 5) is 0. The molecule has 0 aromatic heterocycles. The Labute approximate surface area is 40.0 Å². The van der Waals surface area contributed by atoms with Gasteiger partial charge in [0.05, 0.1) is 8.41 Å². The maximum absolute atomic E-state index is 0. The number of hydrogen-bond acceptors (Lipinski definition) is 0. The van der Waals surface area contributed by atoms with Gasteiger partial charge in [0.25, 0.3) is 0 Å². The van der Waals surface area contributed by atoms with Gasteiger partial charge in [-0.1, -0.05) is 7.43 Å². The Balaban J connectivity index is 0. The molecule has 0 aliphatic rings. The maximum Gasteiger partial charge on any atom is 0.0814 e. The van der Waals surface area contributed by atoms with Crippen molar-refractivity contribution in [3.8, 4) is 0 Å². The molecule has 0 saturated heterocycles. The van der Waals surface area contributed by atoms with Crippen LogP contribution in [0, 0.1) is 0 Å². The van der Waals surface area contributed by atoms with Crippen LogP contribution in [-0.2, 0) is 0 Å². The summed E-state index contributed by atoms with van der Waals surface area (Å²) in [5.74, 6) is 0. The van der Waals surface area contributed by atoms with Crippen LogP contribution >= 0.6 is 23.4 Å². The molecule has 4 heavy (non-hydrogen) atoms. The van der Waals surface area contributed by atoms with Crippen molar-refractivity contribution in [3.05, 3.63) is 0 Å². The van der Waals surface area contributed by atoms with E-state index in [1.807, 2.05) is 0 Å². The largest absolute Gasteiger partial charge is 0.197 e. The number of rotatable bonds is 0. The van der Waals surface area contributed by atoms with Crippen LogP contribution in [0.3, 0.4) is 0 Å². The zero-order chi connectivity index (χ0) is 0. The first-order valence-electron chi connectivity index (χ1n) is 0. The van der Waals surface area contributed by atoms with Gasteiger partial charge in [-0.15, -0.1) is 0 Å². The molecule has 1 atom stereocenters. The lowest BCUT2D eigenvalue weighted by molar-refractivity contribution is 2.50. The quantitative estimate of drug-likeness (QED) is 0.286. The van der Waals surface area contributed by atoms with E-state index in [0.29, 0.717) is 0 Å². The molecule has 0 aliphatic carbocycles. The Morgan fingerprint density at radius 3 is 1.00 bits per heavy atom. The molecule has 0 radical (unpaired) electrons. The topological polar surface area (TPSA) is 0 Å².